The Hall–Kier alpha value is -2.56. The first kappa shape index (κ1) is 12.9. The summed E-state index contributed by atoms with van der Waals surface area (Å²) in [6.07, 6.45) is 3.32. The highest BCUT2D eigenvalue weighted by Crippen LogP contribution is 2.40. The minimum atomic E-state index is -1.06. The van der Waals surface area contributed by atoms with Crippen molar-refractivity contribution in [2.45, 2.75) is 0 Å². The van der Waals surface area contributed by atoms with Crippen LogP contribution in [0.3, 0.4) is 0 Å². The fourth-order valence-electron chi connectivity index (χ4n) is 1.90. The fourth-order valence-corrected chi connectivity index (χ4v) is 1.90. The van der Waals surface area contributed by atoms with Gasteiger partial charge < -0.3 is 14.6 Å². The summed E-state index contributed by atoms with van der Waals surface area (Å²) in [5, 5.41) is 9.13. The maximum Gasteiger partial charge on any atom is 0.339 e. The van der Waals surface area contributed by atoms with Crippen molar-refractivity contribution in [1.82, 2.24) is 4.98 Å². The number of nitrogens with zero attached hydrogens (tertiary/aromatic N) is 1. The standard InChI is InChI=1S/C14H13NO4/c1-18-12-10(9-5-7-15-8-6-9)3-4-11(14(16)17)13(12)19-2/h3-8H,1-2H3,(H,16,17). The number of methoxy groups -OCH3 is 2. The third kappa shape index (κ3) is 2.35. The summed E-state index contributed by atoms with van der Waals surface area (Å²) >= 11 is 0. The molecule has 1 N–H and O–H groups in total. The summed E-state index contributed by atoms with van der Waals surface area (Å²) in [5.74, 6) is -0.450. The molecule has 0 spiro atoms. The molecule has 1 aromatic heterocycles. The molecule has 0 saturated carbocycles. The van der Waals surface area contributed by atoms with Gasteiger partial charge in [0.1, 0.15) is 5.56 Å². The number of carboxylic acid groups (broad SMARTS) is 1. The van der Waals surface area contributed by atoms with E-state index in [2.05, 4.69) is 4.98 Å². The first-order chi connectivity index (χ1) is 9.19. The third-order valence-electron chi connectivity index (χ3n) is 2.74. The van der Waals surface area contributed by atoms with Crippen LogP contribution in [-0.4, -0.2) is 30.3 Å². The van der Waals surface area contributed by atoms with E-state index in [1.165, 1.54) is 20.3 Å². The molecule has 5 nitrogen and oxygen atoms in total. The lowest BCUT2D eigenvalue weighted by Gasteiger charge is -2.14. The Morgan fingerprint density at radius 1 is 1.05 bits per heavy atom. The molecule has 0 saturated heterocycles. The van der Waals surface area contributed by atoms with Crippen LogP contribution in [0.1, 0.15) is 10.4 Å². The quantitative estimate of drug-likeness (QED) is 0.913. The molecule has 0 aliphatic heterocycles. The van der Waals surface area contributed by atoms with Crippen molar-refractivity contribution in [3.63, 3.8) is 0 Å². The van der Waals surface area contributed by atoms with E-state index in [0.717, 1.165) is 11.1 Å². The monoisotopic (exact) mass is 259 g/mol. The molecular formula is C14H13NO4. The number of rotatable bonds is 4. The SMILES string of the molecule is COc1c(C(=O)O)ccc(-c2ccncc2)c1OC. The number of carboxylic acids is 1. The minimum absolute atomic E-state index is 0.0668. The summed E-state index contributed by atoms with van der Waals surface area (Å²) in [7, 11) is 2.90. The summed E-state index contributed by atoms with van der Waals surface area (Å²) in [5.41, 5.74) is 1.70. The normalized spacial score (nSPS) is 10.0. The topological polar surface area (TPSA) is 68.7 Å². The minimum Gasteiger partial charge on any atom is -0.492 e. The first-order valence-corrected chi connectivity index (χ1v) is 5.57. The molecule has 19 heavy (non-hydrogen) atoms. The maximum absolute atomic E-state index is 11.2. The van der Waals surface area contributed by atoms with E-state index in [-0.39, 0.29) is 11.3 Å². The molecule has 0 radical (unpaired) electrons. The van der Waals surface area contributed by atoms with Gasteiger partial charge in [0.2, 0.25) is 0 Å². The second kappa shape index (κ2) is 5.39. The molecule has 0 amide bonds. The zero-order valence-corrected chi connectivity index (χ0v) is 10.6. The lowest BCUT2D eigenvalue weighted by molar-refractivity contribution is 0.0692. The Morgan fingerprint density at radius 3 is 2.21 bits per heavy atom. The van der Waals surface area contributed by atoms with Gasteiger partial charge in [0.25, 0.3) is 0 Å². The predicted molar refractivity (Wildman–Crippen MR) is 69.7 cm³/mol. The van der Waals surface area contributed by atoms with Crippen molar-refractivity contribution in [2.75, 3.05) is 14.2 Å². The second-order valence-corrected chi connectivity index (χ2v) is 3.77. The van der Waals surface area contributed by atoms with Crippen LogP contribution in [0, 0.1) is 0 Å². The van der Waals surface area contributed by atoms with Crippen molar-refractivity contribution >= 4 is 5.97 Å². The first-order valence-electron chi connectivity index (χ1n) is 5.57. The van der Waals surface area contributed by atoms with E-state index < -0.39 is 5.97 Å². The lowest BCUT2D eigenvalue weighted by atomic mass is 10.0. The van der Waals surface area contributed by atoms with Crippen molar-refractivity contribution < 1.29 is 19.4 Å². The number of aromatic carboxylic acids is 1. The largest absolute Gasteiger partial charge is 0.492 e. The van der Waals surface area contributed by atoms with Gasteiger partial charge in [-0.05, 0) is 29.8 Å². The third-order valence-corrected chi connectivity index (χ3v) is 2.74. The Bertz CT molecular complexity index is 596. The van der Waals surface area contributed by atoms with E-state index >= 15 is 0 Å². The Kier molecular flexibility index (Phi) is 3.66. The molecule has 0 aliphatic rings. The number of hydrogen-bond acceptors (Lipinski definition) is 4. The zero-order chi connectivity index (χ0) is 13.8. The number of aromatic nitrogens is 1. The highest BCUT2D eigenvalue weighted by atomic mass is 16.5. The van der Waals surface area contributed by atoms with Crippen LogP contribution in [0.4, 0.5) is 0 Å². The number of hydrogen-bond donors (Lipinski definition) is 1. The summed E-state index contributed by atoms with van der Waals surface area (Å²) < 4.78 is 10.5. The highest BCUT2D eigenvalue weighted by molar-refractivity contribution is 5.94. The van der Waals surface area contributed by atoms with E-state index in [4.69, 9.17) is 14.6 Å². The molecule has 98 valence electrons. The molecule has 0 unspecified atom stereocenters. The van der Waals surface area contributed by atoms with Gasteiger partial charge in [0.05, 0.1) is 14.2 Å². The van der Waals surface area contributed by atoms with Crippen LogP contribution >= 0.6 is 0 Å². The molecular weight excluding hydrogens is 246 g/mol. The van der Waals surface area contributed by atoms with Crippen LogP contribution in [-0.2, 0) is 0 Å². The van der Waals surface area contributed by atoms with Crippen LogP contribution in [0.5, 0.6) is 11.5 Å². The molecule has 0 atom stereocenters. The molecule has 0 aliphatic carbocycles. The summed E-state index contributed by atoms with van der Waals surface area (Å²) in [6.45, 7) is 0. The van der Waals surface area contributed by atoms with Gasteiger partial charge in [-0.15, -0.1) is 0 Å². The summed E-state index contributed by atoms with van der Waals surface area (Å²) in [6, 6.07) is 6.83. The van der Waals surface area contributed by atoms with Gasteiger partial charge in [0.15, 0.2) is 11.5 Å². The summed E-state index contributed by atoms with van der Waals surface area (Å²) in [4.78, 5) is 15.1. The van der Waals surface area contributed by atoms with Gasteiger partial charge in [-0.25, -0.2) is 4.79 Å². The van der Waals surface area contributed by atoms with Gasteiger partial charge >= 0.3 is 5.97 Å². The Morgan fingerprint density at radius 2 is 1.68 bits per heavy atom. The lowest BCUT2D eigenvalue weighted by Crippen LogP contribution is -2.03. The number of pyridine rings is 1. The van der Waals surface area contributed by atoms with E-state index in [9.17, 15) is 4.79 Å². The van der Waals surface area contributed by atoms with Crippen LogP contribution < -0.4 is 9.47 Å². The molecule has 0 bridgehead atoms. The zero-order valence-electron chi connectivity index (χ0n) is 10.6. The van der Waals surface area contributed by atoms with E-state index in [1.807, 2.05) is 12.1 Å². The second-order valence-electron chi connectivity index (χ2n) is 3.77. The van der Waals surface area contributed by atoms with Crippen molar-refractivity contribution in [2.24, 2.45) is 0 Å². The molecule has 5 heteroatoms. The molecule has 2 aromatic rings. The van der Waals surface area contributed by atoms with E-state index in [0.29, 0.717) is 5.75 Å². The van der Waals surface area contributed by atoms with Crippen LogP contribution in [0.2, 0.25) is 0 Å². The van der Waals surface area contributed by atoms with Crippen molar-refractivity contribution in [3.05, 3.63) is 42.2 Å². The number of carbonyl (C=O) groups is 1. The maximum atomic E-state index is 11.2. The average Bonchev–Trinajstić information content (AvgIpc) is 2.46. The van der Waals surface area contributed by atoms with Gasteiger partial charge in [-0.1, -0.05) is 0 Å². The molecule has 1 heterocycles. The van der Waals surface area contributed by atoms with Crippen molar-refractivity contribution in [1.29, 1.82) is 0 Å². The predicted octanol–water partition coefficient (Wildman–Crippen LogP) is 2.46. The van der Waals surface area contributed by atoms with Gasteiger partial charge in [-0.3, -0.25) is 4.98 Å². The average molecular weight is 259 g/mol. The molecule has 1 aromatic carbocycles. The molecule has 2 rings (SSSR count). The van der Waals surface area contributed by atoms with Crippen molar-refractivity contribution in [3.8, 4) is 22.6 Å². The fraction of sp³-hybridized carbons (Fsp3) is 0.143. The number of ether oxygens (including phenoxy) is 2. The highest BCUT2D eigenvalue weighted by Gasteiger charge is 2.19. The number of benzene rings is 1. The van der Waals surface area contributed by atoms with E-state index in [1.54, 1.807) is 18.5 Å². The molecule has 0 fully saturated rings. The Labute approximate surface area is 110 Å². The smallest absolute Gasteiger partial charge is 0.339 e. The van der Waals surface area contributed by atoms with Crippen LogP contribution in [0.15, 0.2) is 36.7 Å². The van der Waals surface area contributed by atoms with Gasteiger partial charge in [-0.2, -0.15) is 0 Å². The Balaban J connectivity index is 2.67. The van der Waals surface area contributed by atoms with Crippen LogP contribution in [0.25, 0.3) is 11.1 Å². The van der Waals surface area contributed by atoms with Gasteiger partial charge in [0, 0.05) is 18.0 Å².